The largest absolute Gasteiger partial charge is 0.508 e. The second kappa shape index (κ2) is 10.4. The molecule has 0 fully saturated rings. The van der Waals surface area contributed by atoms with E-state index >= 15 is 0 Å². The van der Waals surface area contributed by atoms with Gasteiger partial charge in [0.05, 0.1) is 12.2 Å². The maximum absolute atomic E-state index is 10.6. The molecule has 5 aromatic carbocycles. The van der Waals surface area contributed by atoms with Crippen molar-refractivity contribution in [3.8, 4) is 40.3 Å². The van der Waals surface area contributed by atoms with Crippen LogP contribution in [0, 0.1) is 5.92 Å². The zero-order valence-corrected chi connectivity index (χ0v) is 22.2. The van der Waals surface area contributed by atoms with Crippen molar-refractivity contribution in [2.24, 2.45) is 5.92 Å². The molecule has 1 unspecified atom stereocenters. The standard InChI is InChI=1S/C33H31N3O3/c1-3-5-7-20(4-2)19-39-33-35-31(34-32(36-33)27-17-14-24(37)18-28(27)38)26-16-13-23-11-10-21-8-6-9-22-12-15-25(26)30(23)29(21)22/h6,8-18,20,37-38H,3-5,7,19H2,1-2H3. The molecule has 0 aliphatic rings. The number of hydrogen-bond donors (Lipinski definition) is 2. The van der Waals surface area contributed by atoms with E-state index in [-0.39, 0.29) is 17.5 Å². The number of phenolic OH excluding ortho intramolecular Hbond substituents is 2. The summed E-state index contributed by atoms with van der Waals surface area (Å²) in [6.45, 7) is 4.88. The Morgan fingerprint density at radius 2 is 1.41 bits per heavy atom. The lowest BCUT2D eigenvalue weighted by molar-refractivity contribution is 0.217. The van der Waals surface area contributed by atoms with Gasteiger partial charge in [0.15, 0.2) is 11.6 Å². The summed E-state index contributed by atoms with van der Waals surface area (Å²) in [6.07, 6.45) is 4.40. The van der Waals surface area contributed by atoms with Crippen LogP contribution in [0.25, 0.3) is 55.1 Å². The molecule has 0 saturated heterocycles. The average Bonchev–Trinajstić information content (AvgIpc) is 2.96. The van der Waals surface area contributed by atoms with Crippen molar-refractivity contribution >= 4 is 32.3 Å². The number of nitrogens with zero attached hydrogens (tertiary/aromatic N) is 3. The fraction of sp³-hybridized carbons (Fsp3) is 0.242. The van der Waals surface area contributed by atoms with Crippen molar-refractivity contribution in [1.82, 2.24) is 15.0 Å². The molecule has 6 heteroatoms. The predicted molar refractivity (Wildman–Crippen MR) is 157 cm³/mol. The second-order valence-electron chi connectivity index (χ2n) is 10.2. The van der Waals surface area contributed by atoms with Gasteiger partial charge >= 0.3 is 6.01 Å². The van der Waals surface area contributed by atoms with E-state index in [0.717, 1.165) is 42.0 Å². The fourth-order valence-corrected chi connectivity index (χ4v) is 5.39. The number of aromatic nitrogens is 3. The third-order valence-electron chi connectivity index (χ3n) is 7.60. The molecule has 0 aliphatic carbocycles. The Morgan fingerprint density at radius 3 is 2.13 bits per heavy atom. The monoisotopic (exact) mass is 517 g/mol. The Balaban J connectivity index is 1.51. The summed E-state index contributed by atoms with van der Waals surface area (Å²) in [5.74, 6) is 1.03. The summed E-state index contributed by atoms with van der Waals surface area (Å²) in [5.41, 5.74) is 1.27. The summed E-state index contributed by atoms with van der Waals surface area (Å²) in [6, 6.07) is 23.7. The Morgan fingerprint density at radius 1 is 0.744 bits per heavy atom. The predicted octanol–water partition coefficient (Wildman–Crippen LogP) is 8.11. The Labute approximate surface area is 227 Å². The first-order chi connectivity index (χ1) is 19.1. The van der Waals surface area contributed by atoms with Crippen molar-refractivity contribution in [1.29, 1.82) is 0 Å². The number of ether oxygens (including phenoxy) is 1. The van der Waals surface area contributed by atoms with Gasteiger partial charge in [0, 0.05) is 11.6 Å². The van der Waals surface area contributed by atoms with E-state index in [1.165, 1.54) is 33.7 Å². The lowest BCUT2D eigenvalue weighted by Crippen LogP contribution is -2.13. The molecule has 0 saturated carbocycles. The summed E-state index contributed by atoms with van der Waals surface area (Å²) in [5, 5.41) is 27.4. The number of unbranched alkanes of at least 4 members (excludes halogenated alkanes) is 1. The second-order valence-corrected chi connectivity index (χ2v) is 10.2. The van der Waals surface area contributed by atoms with Crippen LogP contribution in [0.5, 0.6) is 17.5 Å². The minimum absolute atomic E-state index is 0.0320. The first kappa shape index (κ1) is 24.9. The highest BCUT2D eigenvalue weighted by Crippen LogP contribution is 2.39. The zero-order chi connectivity index (χ0) is 26.9. The van der Waals surface area contributed by atoms with E-state index in [2.05, 4.69) is 67.4 Å². The first-order valence-corrected chi connectivity index (χ1v) is 13.6. The first-order valence-electron chi connectivity index (χ1n) is 13.6. The maximum Gasteiger partial charge on any atom is 0.320 e. The SMILES string of the molecule is CCCCC(CC)COc1nc(-c2ccc(O)cc2O)nc(-c2ccc3ccc4cccc5ccc2c3c45)n1. The van der Waals surface area contributed by atoms with Gasteiger partial charge in [0.25, 0.3) is 0 Å². The van der Waals surface area contributed by atoms with Gasteiger partial charge in [-0.25, -0.2) is 4.98 Å². The molecule has 6 rings (SSSR count). The number of phenols is 2. The number of hydrogen-bond acceptors (Lipinski definition) is 6. The normalized spacial score (nSPS) is 12.5. The molecule has 39 heavy (non-hydrogen) atoms. The highest BCUT2D eigenvalue weighted by molar-refractivity contribution is 6.25. The van der Waals surface area contributed by atoms with Crippen molar-refractivity contribution in [3.63, 3.8) is 0 Å². The van der Waals surface area contributed by atoms with Gasteiger partial charge in [-0.05, 0) is 62.9 Å². The highest BCUT2D eigenvalue weighted by atomic mass is 16.5. The summed E-state index contributed by atoms with van der Waals surface area (Å²) < 4.78 is 6.18. The quantitative estimate of drug-likeness (QED) is 0.188. The van der Waals surface area contributed by atoms with Crippen LogP contribution in [0.1, 0.15) is 39.5 Å². The molecule has 0 amide bonds. The van der Waals surface area contributed by atoms with Crippen LogP contribution < -0.4 is 4.74 Å². The molecule has 0 aliphatic heterocycles. The molecular weight excluding hydrogens is 486 g/mol. The average molecular weight is 518 g/mol. The van der Waals surface area contributed by atoms with E-state index < -0.39 is 0 Å². The third-order valence-corrected chi connectivity index (χ3v) is 7.60. The molecular formula is C33H31N3O3. The van der Waals surface area contributed by atoms with E-state index in [1.54, 1.807) is 6.07 Å². The fourth-order valence-electron chi connectivity index (χ4n) is 5.39. The van der Waals surface area contributed by atoms with Gasteiger partial charge < -0.3 is 14.9 Å². The van der Waals surface area contributed by atoms with Crippen molar-refractivity contribution in [3.05, 3.63) is 72.8 Å². The van der Waals surface area contributed by atoms with Crippen molar-refractivity contribution in [2.75, 3.05) is 6.61 Å². The zero-order valence-electron chi connectivity index (χ0n) is 22.2. The van der Waals surface area contributed by atoms with E-state index in [1.807, 2.05) is 6.07 Å². The molecule has 6 nitrogen and oxygen atoms in total. The van der Waals surface area contributed by atoms with E-state index in [0.29, 0.717) is 29.7 Å². The smallest absolute Gasteiger partial charge is 0.320 e. The lowest BCUT2D eigenvalue weighted by Gasteiger charge is -2.16. The van der Waals surface area contributed by atoms with Crippen LogP contribution in [0.3, 0.4) is 0 Å². The highest BCUT2D eigenvalue weighted by Gasteiger charge is 2.19. The van der Waals surface area contributed by atoms with Crippen molar-refractivity contribution in [2.45, 2.75) is 39.5 Å². The summed E-state index contributed by atoms with van der Waals surface area (Å²) in [7, 11) is 0. The molecule has 6 aromatic rings. The molecule has 0 bridgehead atoms. The number of benzene rings is 5. The third kappa shape index (κ3) is 4.67. The van der Waals surface area contributed by atoms with Gasteiger partial charge in [-0.2, -0.15) is 9.97 Å². The van der Waals surface area contributed by atoms with Crippen LogP contribution in [-0.2, 0) is 0 Å². The van der Waals surface area contributed by atoms with Gasteiger partial charge in [-0.3, -0.25) is 0 Å². The Bertz CT molecular complexity index is 1770. The van der Waals surface area contributed by atoms with Crippen LogP contribution >= 0.6 is 0 Å². The van der Waals surface area contributed by atoms with E-state index in [4.69, 9.17) is 14.7 Å². The van der Waals surface area contributed by atoms with E-state index in [9.17, 15) is 10.2 Å². The molecule has 0 spiro atoms. The molecule has 1 heterocycles. The molecule has 1 atom stereocenters. The van der Waals surface area contributed by atoms with Gasteiger partial charge in [-0.1, -0.05) is 81.6 Å². The van der Waals surface area contributed by atoms with Crippen LogP contribution in [0.4, 0.5) is 0 Å². The van der Waals surface area contributed by atoms with Crippen molar-refractivity contribution < 1.29 is 14.9 Å². The van der Waals surface area contributed by atoms with Crippen LogP contribution in [-0.4, -0.2) is 31.8 Å². The summed E-state index contributed by atoms with van der Waals surface area (Å²) in [4.78, 5) is 14.2. The molecule has 196 valence electrons. The number of rotatable bonds is 9. The molecule has 0 radical (unpaired) electrons. The minimum Gasteiger partial charge on any atom is -0.508 e. The summed E-state index contributed by atoms with van der Waals surface area (Å²) >= 11 is 0. The topological polar surface area (TPSA) is 88.4 Å². The lowest BCUT2D eigenvalue weighted by atomic mass is 9.92. The van der Waals surface area contributed by atoms with Gasteiger partial charge in [-0.15, -0.1) is 0 Å². The molecule has 2 N–H and O–H groups in total. The maximum atomic E-state index is 10.6. The Hall–Kier alpha value is -4.45. The minimum atomic E-state index is -0.108. The van der Waals surface area contributed by atoms with Crippen LogP contribution in [0.15, 0.2) is 72.8 Å². The Kier molecular flexibility index (Phi) is 6.61. The van der Waals surface area contributed by atoms with Gasteiger partial charge in [0.1, 0.15) is 11.5 Å². The molecule has 1 aromatic heterocycles. The van der Waals surface area contributed by atoms with Crippen LogP contribution in [0.2, 0.25) is 0 Å². The van der Waals surface area contributed by atoms with Gasteiger partial charge in [0.2, 0.25) is 0 Å². The number of aromatic hydroxyl groups is 2.